The first kappa shape index (κ1) is 17.9. The number of fused-ring (bicyclic) bond motifs is 1. The van der Waals surface area contributed by atoms with Crippen LogP contribution < -0.4 is 14.8 Å². The van der Waals surface area contributed by atoms with Crippen LogP contribution >= 0.6 is 0 Å². The van der Waals surface area contributed by atoms with Gasteiger partial charge in [-0.05, 0) is 47.0 Å². The third-order valence-corrected chi connectivity index (χ3v) is 5.15. The molecule has 1 N–H and O–H groups in total. The number of carbonyl (C=O) groups is 1. The molecule has 1 atom stereocenters. The van der Waals surface area contributed by atoms with E-state index in [-0.39, 0.29) is 5.91 Å². The van der Waals surface area contributed by atoms with Crippen molar-refractivity contribution in [2.75, 3.05) is 19.5 Å². The van der Waals surface area contributed by atoms with E-state index in [1.54, 1.807) is 14.2 Å². The summed E-state index contributed by atoms with van der Waals surface area (Å²) in [6.45, 7) is 0. The van der Waals surface area contributed by atoms with Crippen LogP contribution in [0.3, 0.4) is 0 Å². The van der Waals surface area contributed by atoms with E-state index in [0.717, 1.165) is 33.9 Å². The summed E-state index contributed by atoms with van der Waals surface area (Å²) in [6.07, 6.45) is 3.95. The fourth-order valence-electron chi connectivity index (χ4n) is 3.62. The van der Waals surface area contributed by atoms with E-state index in [9.17, 15) is 4.79 Å². The van der Waals surface area contributed by atoms with Crippen molar-refractivity contribution in [1.29, 1.82) is 0 Å². The van der Waals surface area contributed by atoms with Crippen LogP contribution in [-0.2, 0) is 10.2 Å². The number of ether oxygens (including phenoxy) is 2. The molecule has 28 heavy (non-hydrogen) atoms. The Bertz CT molecular complexity index is 1020. The molecule has 0 spiro atoms. The van der Waals surface area contributed by atoms with E-state index in [0.29, 0.717) is 0 Å². The molecule has 0 aromatic heterocycles. The van der Waals surface area contributed by atoms with Gasteiger partial charge < -0.3 is 14.8 Å². The van der Waals surface area contributed by atoms with Gasteiger partial charge in [0.15, 0.2) is 0 Å². The average molecular weight is 371 g/mol. The zero-order valence-corrected chi connectivity index (χ0v) is 15.8. The third kappa shape index (κ3) is 2.93. The Morgan fingerprint density at radius 1 is 0.821 bits per heavy atom. The second-order valence-electron chi connectivity index (χ2n) is 6.64. The highest BCUT2D eigenvalue weighted by atomic mass is 16.5. The van der Waals surface area contributed by atoms with Crippen LogP contribution in [0.1, 0.15) is 16.7 Å². The lowest BCUT2D eigenvalue weighted by Gasteiger charge is -2.25. The lowest BCUT2D eigenvalue weighted by molar-refractivity contribution is -0.118. The molecule has 1 heterocycles. The van der Waals surface area contributed by atoms with Gasteiger partial charge in [0.1, 0.15) is 16.9 Å². The van der Waals surface area contributed by atoms with Gasteiger partial charge in [0.2, 0.25) is 5.91 Å². The predicted octanol–water partition coefficient (Wildman–Crippen LogP) is 4.66. The largest absolute Gasteiger partial charge is 0.497 e. The van der Waals surface area contributed by atoms with Crippen LogP contribution in [-0.4, -0.2) is 20.1 Å². The third-order valence-electron chi connectivity index (χ3n) is 5.15. The number of hydrogen-bond donors (Lipinski definition) is 1. The molecule has 1 amide bonds. The topological polar surface area (TPSA) is 47.6 Å². The Balaban J connectivity index is 1.84. The maximum Gasteiger partial charge on any atom is 0.243 e. The Kier molecular flexibility index (Phi) is 4.62. The molecular weight excluding hydrogens is 350 g/mol. The molecule has 140 valence electrons. The van der Waals surface area contributed by atoms with Crippen LogP contribution in [0.5, 0.6) is 11.5 Å². The molecule has 0 radical (unpaired) electrons. The van der Waals surface area contributed by atoms with E-state index in [4.69, 9.17) is 9.47 Å². The lowest BCUT2D eigenvalue weighted by atomic mass is 9.75. The number of hydrogen-bond acceptors (Lipinski definition) is 3. The maximum absolute atomic E-state index is 13.2. The molecule has 3 aromatic carbocycles. The molecule has 0 aliphatic carbocycles. The summed E-state index contributed by atoms with van der Waals surface area (Å²) in [4.78, 5) is 13.2. The highest BCUT2D eigenvalue weighted by Crippen LogP contribution is 2.44. The van der Waals surface area contributed by atoms with Crippen molar-refractivity contribution in [2.45, 2.75) is 5.41 Å². The number of para-hydroxylation sites is 1. The summed E-state index contributed by atoms with van der Waals surface area (Å²) in [6, 6.07) is 23.2. The molecule has 3 aromatic rings. The Labute approximate surface area is 164 Å². The SMILES string of the molecule is COc1ccc(/C=C/C2(c3ccc(OC)cc3)C(=O)Nc3ccccc32)cc1. The summed E-state index contributed by atoms with van der Waals surface area (Å²) in [7, 11) is 3.27. The predicted molar refractivity (Wildman–Crippen MR) is 111 cm³/mol. The Morgan fingerprint density at radius 3 is 2.07 bits per heavy atom. The number of amides is 1. The van der Waals surface area contributed by atoms with E-state index >= 15 is 0 Å². The highest BCUT2D eigenvalue weighted by Gasteiger charge is 2.46. The number of methoxy groups -OCH3 is 2. The second kappa shape index (κ2) is 7.24. The summed E-state index contributed by atoms with van der Waals surface area (Å²) in [5, 5.41) is 3.03. The molecule has 1 unspecified atom stereocenters. The average Bonchev–Trinajstić information content (AvgIpc) is 3.04. The molecule has 0 fully saturated rings. The van der Waals surface area contributed by atoms with Crippen molar-refractivity contribution < 1.29 is 14.3 Å². The summed E-state index contributed by atoms with van der Waals surface area (Å²) in [5.41, 5.74) is 2.76. The summed E-state index contributed by atoms with van der Waals surface area (Å²) >= 11 is 0. The lowest BCUT2D eigenvalue weighted by Crippen LogP contribution is -2.33. The van der Waals surface area contributed by atoms with Crippen LogP contribution in [0.4, 0.5) is 5.69 Å². The van der Waals surface area contributed by atoms with Gasteiger partial charge in [0, 0.05) is 5.69 Å². The first-order valence-electron chi connectivity index (χ1n) is 9.06. The standard InChI is InChI=1S/C24H21NO3/c1-27-19-11-7-17(8-12-19)15-16-24(18-9-13-20(28-2)14-10-18)21-5-3-4-6-22(21)25-23(24)26/h3-16H,1-2H3,(H,25,26)/b16-15+. The van der Waals surface area contributed by atoms with Gasteiger partial charge >= 0.3 is 0 Å². The van der Waals surface area contributed by atoms with E-state index in [2.05, 4.69) is 5.32 Å². The van der Waals surface area contributed by atoms with E-state index in [1.807, 2.05) is 84.9 Å². The minimum absolute atomic E-state index is 0.0661. The van der Waals surface area contributed by atoms with Gasteiger partial charge in [-0.15, -0.1) is 0 Å². The number of benzene rings is 3. The van der Waals surface area contributed by atoms with Crippen LogP contribution in [0.15, 0.2) is 78.9 Å². The smallest absolute Gasteiger partial charge is 0.243 e. The zero-order valence-electron chi connectivity index (χ0n) is 15.8. The Morgan fingerprint density at radius 2 is 1.43 bits per heavy atom. The molecule has 0 saturated carbocycles. The highest BCUT2D eigenvalue weighted by molar-refractivity contribution is 6.10. The van der Waals surface area contributed by atoms with Gasteiger partial charge in [0.25, 0.3) is 0 Å². The van der Waals surface area contributed by atoms with Gasteiger partial charge in [-0.2, -0.15) is 0 Å². The van der Waals surface area contributed by atoms with Crippen LogP contribution in [0.2, 0.25) is 0 Å². The second-order valence-corrected chi connectivity index (χ2v) is 6.64. The zero-order chi connectivity index (χ0) is 19.6. The number of nitrogens with one attached hydrogen (secondary N) is 1. The molecule has 4 rings (SSSR count). The van der Waals surface area contributed by atoms with Crippen molar-refractivity contribution in [3.63, 3.8) is 0 Å². The number of rotatable bonds is 5. The van der Waals surface area contributed by atoms with Crippen LogP contribution in [0, 0.1) is 0 Å². The van der Waals surface area contributed by atoms with Gasteiger partial charge in [0.05, 0.1) is 14.2 Å². The first-order valence-corrected chi connectivity index (χ1v) is 9.06. The molecule has 1 aliphatic heterocycles. The first-order chi connectivity index (χ1) is 13.7. The quantitative estimate of drug-likeness (QED) is 0.710. The van der Waals surface area contributed by atoms with Crippen molar-refractivity contribution in [3.8, 4) is 11.5 Å². The van der Waals surface area contributed by atoms with E-state index < -0.39 is 5.41 Å². The van der Waals surface area contributed by atoms with Crippen molar-refractivity contribution in [3.05, 3.63) is 95.6 Å². The molecule has 4 nitrogen and oxygen atoms in total. The fraction of sp³-hybridized carbons (Fsp3) is 0.125. The van der Waals surface area contributed by atoms with Gasteiger partial charge in [-0.1, -0.05) is 54.6 Å². The van der Waals surface area contributed by atoms with E-state index in [1.165, 1.54) is 0 Å². The van der Waals surface area contributed by atoms with Gasteiger partial charge in [-0.25, -0.2) is 0 Å². The number of carbonyl (C=O) groups excluding carboxylic acids is 1. The summed E-state index contributed by atoms with van der Waals surface area (Å²) in [5.74, 6) is 1.49. The maximum atomic E-state index is 13.2. The fourth-order valence-corrected chi connectivity index (χ4v) is 3.62. The molecule has 0 saturated heterocycles. The summed E-state index contributed by atoms with van der Waals surface area (Å²) < 4.78 is 10.5. The number of anilines is 1. The monoisotopic (exact) mass is 371 g/mol. The molecule has 1 aliphatic rings. The minimum atomic E-state index is -0.900. The van der Waals surface area contributed by atoms with Crippen LogP contribution in [0.25, 0.3) is 6.08 Å². The Hall–Kier alpha value is -3.53. The van der Waals surface area contributed by atoms with Crippen molar-refractivity contribution >= 4 is 17.7 Å². The molecule has 0 bridgehead atoms. The molecule has 4 heteroatoms. The van der Waals surface area contributed by atoms with Gasteiger partial charge in [-0.3, -0.25) is 4.79 Å². The van der Waals surface area contributed by atoms with Crippen molar-refractivity contribution in [1.82, 2.24) is 0 Å². The normalized spacial score (nSPS) is 18.0. The minimum Gasteiger partial charge on any atom is -0.497 e. The molecular formula is C24H21NO3. The van der Waals surface area contributed by atoms with Crippen molar-refractivity contribution in [2.24, 2.45) is 0 Å².